The Hall–Kier alpha value is -0.680. The second-order valence-electron chi connectivity index (χ2n) is 5.00. The molecule has 100 valence electrons. The lowest BCUT2D eigenvalue weighted by molar-refractivity contribution is 0.560. The summed E-state index contributed by atoms with van der Waals surface area (Å²) in [4.78, 5) is 2.93. The lowest BCUT2D eigenvalue weighted by Crippen LogP contribution is -2.29. The summed E-state index contributed by atoms with van der Waals surface area (Å²) in [6.45, 7) is 0. The Balaban J connectivity index is 1.78. The number of thiophene rings is 1. The fourth-order valence-corrected chi connectivity index (χ4v) is 4.20. The van der Waals surface area contributed by atoms with Crippen LogP contribution in [0.3, 0.4) is 0 Å². The molecule has 2 nitrogen and oxygen atoms in total. The second kappa shape index (κ2) is 5.75. The van der Waals surface area contributed by atoms with Crippen molar-refractivity contribution in [1.29, 1.82) is 0 Å². The van der Waals surface area contributed by atoms with Crippen molar-refractivity contribution in [2.75, 3.05) is 0 Å². The molecule has 1 aliphatic carbocycles. The van der Waals surface area contributed by atoms with Crippen molar-refractivity contribution in [2.24, 2.45) is 5.84 Å². The van der Waals surface area contributed by atoms with Crippen LogP contribution in [0.5, 0.6) is 0 Å². The summed E-state index contributed by atoms with van der Waals surface area (Å²) < 4.78 is 1.11. The number of nitrogens with one attached hydrogen (secondary N) is 1. The Labute approximate surface area is 126 Å². The maximum Gasteiger partial charge on any atom is 0.0593 e. The van der Waals surface area contributed by atoms with Gasteiger partial charge in [0.05, 0.1) is 6.04 Å². The number of aryl methyl sites for hydroxylation is 2. The summed E-state index contributed by atoms with van der Waals surface area (Å²) in [6.07, 6.45) is 4.73. The molecule has 0 bridgehead atoms. The summed E-state index contributed by atoms with van der Waals surface area (Å²) in [7, 11) is 0. The molecule has 1 aliphatic rings. The minimum absolute atomic E-state index is 0.219. The highest BCUT2D eigenvalue weighted by Gasteiger charge is 2.19. The van der Waals surface area contributed by atoms with Gasteiger partial charge in [-0.1, -0.05) is 28.1 Å². The Morgan fingerprint density at radius 2 is 2.05 bits per heavy atom. The highest BCUT2D eigenvalue weighted by atomic mass is 79.9. The first-order valence-corrected chi connectivity index (χ1v) is 8.19. The average molecular weight is 337 g/mol. The van der Waals surface area contributed by atoms with E-state index in [-0.39, 0.29) is 6.04 Å². The van der Waals surface area contributed by atoms with Crippen molar-refractivity contribution in [2.45, 2.75) is 31.7 Å². The first-order valence-electron chi connectivity index (χ1n) is 6.58. The lowest BCUT2D eigenvalue weighted by atomic mass is 10.0. The number of hydrogen-bond donors (Lipinski definition) is 2. The zero-order valence-corrected chi connectivity index (χ0v) is 13.1. The van der Waals surface area contributed by atoms with Crippen LogP contribution in [0, 0.1) is 0 Å². The summed E-state index contributed by atoms with van der Waals surface area (Å²) in [5.41, 5.74) is 5.81. The lowest BCUT2D eigenvalue weighted by Gasteiger charge is -2.14. The van der Waals surface area contributed by atoms with Gasteiger partial charge in [-0.3, -0.25) is 11.3 Å². The zero-order valence-electron chi connectivity index (χ0n) is 10.7. The van der Waals surface area contributed by atoms with Crippen LogP contribution in [0.1, 0.15) is 33.3 Å². The summed E-state index contributed by atoms with van der Waals surface area (Å²) in [6, 6.07) is 11.0. The topological polar surface area (TPSA) is 38.0 Å². The van der Waals surface area contributed by atoms with Crippen LogP contribution < -0.4 is 11.3 Å². The molecule has 19 heavy (non-hydrogen) atoms. The van der Waals surface area contributed by atoms with Crippen molar-refractivity contribution in [3.8, 4) is 0 Å². The Morgan fingerprint density at radius 3 is 2.74 bits per heavy atom. The van der Waals surface area contributed by atoms with E-state index in [1.807, 2.05) is 11.3 Å². The molecule has 1 aromatic heterocycles. The van der Waals surface area contributed by atoms with Crippen LogP contribution in [0.25, 0.3) is 0 Å². The first-order chi connectivity index (χ1) is 9.26. The molecular weight excluding hydrogens is 320 g/mol. The fraction of sp³-hybridized carbons (Fsp3) is 0.333. The van der Waals surface area contributed by atoms with Crippen molar-refractivity contribution >= 4 is 27.3 Å². The van der Waals surface area contributed by atoms with E-state index in [1.54, 1.807) is 4.88 Å². The van der Waals surface area contributed by atoms with Gasteiger partial charge in [0, 0.05) is 14.2 Å². The van der Waals surface area contributed by atoms with E-state index in [9.17, 15) is 0 Å². The molecule has 4 heteroatoms. The largest absolute Gasteiger partial charge is 0.271 e. The molecular formula is C15H17BrN2S. The van der Waals surface area contributed by atoms with Gasteiger partial charge in [0.25, 0.3) is 0 Å². The molecule has 3 rings (SSSR count). The second-order valence-corrected chi connectivity index (χ2v) is 7.08. The van der Waals surface area contributed by atoms with Gasteiger partial charge in [0.1, 0.15) is 0 Å². The summed E-state index contributed by atoms with van der Waals surface area (Å²) in [5.74, 6) is 5.75. The van der Waals surface area contributed by atoms with E-state index in [0.29, 0.717) is 0 Å². The van der Waals surface area contributed by atoms with Gasteiger partial charge in [0.2, 0.25) is 0 Å². The van der Waals surface area contributed by atoms with Gasteiger partial charge in [0.15, 0.2) is 0 Å². The highest BCUT2D eigenvalue weighted by molar-refractivity contribution is 9.10. The third kappa shape index (κ3) is 2.92. The summed E-state index contributed by atoms with van der Waals surface area (Å²) in [5, 5.41) is 0. The molecule has 1 heterocycles. The van der Waals surface area contributed by atoms with Gasteiger partial charge in [-0.15, -0.1) is 11.3 Å². The standard InChI is InChI=1S/C15H17BrN2S/c16-12-6-4-10(5-7-12)8-13(18-17)15-9-11-2-1-3-14(11)19-15/h4-7,9,13,18H,1-3,8,17H2. The zero-order chi connectivity index (χ0) is 13.2. The Morgan fingerprint density at radius 1 is 1.26 bits per heavy atom. The molecule has 1 unspecified atom stereocenters. The maximum absolute atomic E-state index is 5.75. The van der Waals surface area contributed by atoms with Crippen LogP contribution in [-0.4, -0.2) is 0 Å². The van der Waals surface area contributed by atoms with Gasteiger partial charge < -0.3 is 0 Å². The third-order valence-corrected chi connectivity index (χ3v) is 5.54. The predicted octanol–water partition coefficient (Wildman–Crippen LogP) is 3.75. The molecule has 0 amide bonds. The molecule has 1 atom stereocenters. The SMILES string of the molecule is NNC(Cc1ccc(Br)cc1)c1cc2c(s1)CCC2. The predicted molar refractivity (Wildman–Crippen MR) is 84.3 cm³/mol. The van der Waals surface area contributed by atoms with Crippen molar-refractivity contribution in [1.82, 2.24) is 5.43 Å². The smallest absolute Gasteiger partial charge is 0.0593 e. The molecule has 2 aromatic rings. The highest BCUT2D eigenvalue weighted by Crippen LogP contribution is 2.34. The van der Waals surface area contributed by atoms with Crippen LogP contribution in [0.15, 0.2) is 34.8 Å². The monoisotopic (exact) mass is 336 g/mol. The number of rotatable bonds is 4. The number of fused-ring (bicyclic) bond motifs is 1. The molecule has 0 fully saturated rings. The van der Waals surface area contributed by atoms with Crippen molar-refractivity contribution in [3.63, 3.8) is 0 Å². The van der Waals surface area contributed by atoms with E-state index in [1.165, 1.54) is 35.3 Å². The minimum Gasteiger partial charge on any atom is -0.271 e. The molecule has 3 N–H and O–H groups in total. The number of hydrazine groups is 1. The molecule has 0 saturated carbocycles. The fourth-order valence-electron chi connectivity index (χ4n) is 2.62. The van der Waals surface area contributed by atoms with E-state index >= 15 is 0 Å². The molecule has 0 radical (unpaired) electrons. The molecule has 1 aromatic carbocycles. The van der Waals surface area contributed by atoms with Gasteiger partial charge >= 0.3 is 0 Å². The number of halogens is 1. The normalized spacial score (nSPS) is 15.5. The Bertz CT molecular complexity index is 541. The summed E-state index contributed by atoms with van der Waals surface area (Å²) >= 11 is 5.39. The van der Waals surface area contributed by atoms with Crippen LogP contribution in [0.2, 0.25) is 0 Å². The third-order valence-electron chi connectivity index (χ3n) is 3.66. The van der Waals surface area contributed by atoms with Gasteiger partial charge in [-0.25, -0.2) is 0 Å². The minimum atomic E-state index is 0.219. The van der Waals surface area contributed by atoms with E-state index < -0.39 is 0 Å². The van der Waals surface area contributed by atoms with Crippen LogP contribution in [-0.2, 0) is 19.3 Å². The molecule has 0 saturated heterocycles. The quantitative estimate of drug-likeness (QED) is 0.659. The Kier molecular flexibility index (Phi) is 4.03. The number of hydrogen-bond acceptors (Lipinski definition) is 3. The molecule has 0 spiro atoms. The number of benzene rings is 1. The molecule has 0 aliphatic heterocycles. The van der Waals surface area contributed by atoms with E-state index in [2.05, 4.69) is 51.7 Å². The average Bonchev–Trinajstić information content (AvgIpc) is 2.99. The van der Waals surface area contributed by atoms with Crippen molar-refractivity contribution in [3.05, 3.63) is 55.7 Å². The van der Waals surface area contributed by atoms with E-state index in [4.69, 9.17) is 5.84 Å². The van der Waals surface area contributed by atoms with Gasteiger partial charge in [-0.05, 0) is 55.0 Å². The first kappa shape index (κ1) is 13.3. The van der Waals surface area contributed by atoms with Crippen LogP contribution in [0.4, 0.5) is 0 Å². The maximum atomic E-state index is 5.75. The number of nitrogens with two attached hydrogens (primary N) is 1. The van der Waals surface area contributed by atoms with Crippen LogP contribution >= 0.6 is 27.3 Å². The van der Waals surface area contributed by atoms with Crippen molar-refractivity contribution < 1.29 is 0 Å². The van der Waals surface area contributed by atoms with E-state index in [0.717, 1.165) is 10.9 Å². The van der Waals surface area contributed by atoms with Gasteiger partial charge in [-0.2, -0.15) is 0 Å².